The van der Waals surface area contributed by atoms with Gasteiger partial charge >= 0.3 is 4.84 Å². The minimum absolute atomic E-state index is 0.146. The molecule has 0 spiro atoms. The molecule has 0 radical (unpaired) electrons. The molecule has 1 unspecified atom stereocenters. The summed E-state index contributed by atoms with van der Waals surface area (Å²) in [7, 11) is 0. The molecule has 4 N–H and O–H groups in total. The number of nitrogens with zero attached hydrogens (tertiary/aromatic N) is 1. The van der Waals surface area contributed by atoms with Gasteiger partial charge in [0, 0.05) is 12.1 Å². The first-order valence-corrected chi connectivity index (χ1v) is 11.4. The smallest absolute Gasteiger partial charge is 0.314 e. The number of amides is 2. The first kappa shape index (κ1) is 22.9. The maximum absolute atomic E-state index is 12.8. The largest absolute Gasteiger partial charge is 0.350 e. The first-order valence-electron chi connectivity index (χ1n) is 11.0. The Hall–Kier alpha value is -3.30. The molecule has 0 aliphatic carbocycles. The van der Waals surface area contributed by atoms with Crippen LogP contribution < -0.4 is 16.0 Å². The van der Waals surface area contributed by atoms with E-state index in [0.717, 1.165) is 24.1 Å². The van der Waals surface area contributed by atoms with E-state index in [9.17, 15) is 9.59 Å². The molecule has 1 saturated heterocycles. The zero-order chi connectivity index (χ0) is 23.2. The van der Waals surface area contributed by atoms with Gasteiger partial charge in [0.1, 0.15) is 6.04 Å². The van der Waals surface area contributed by atoms with Gasteiger partial charge < -0.3 is 20.5 Å². The monoisotopic (exact) mass is 465 g/mol. The average Bonchev–Trinajstić information content (AvgIpc) is 3.29. The minimum atomic E-state index is -0.633. The lowest BCUT2D eigenvalue weighted by molar-refractivity contribution is -0.130. The fourth-order valence-electron chi connectivity index (χ4n) is 4.00. The quantitative estimate of drug-likeness (QED) is 0.399. The third-order valence-corrected chi connectivity index (χ3v) is 6.05. The van der Waals surface area contributed by atoms with Crippen LogP contribution in [0.3, 0.4) is 0 Å². The average molecular weight is 466 g/mol. The van der Waals surface area contributed by atoms with E-state index >= 15 is 0 Å². The summed E-state index contributed by atoms with van der Waals surface area (Å²) in [5, 5.41) is 11.7. The summed E-state index contributed by atoms with van der Waals surface area (Å²) >= 11 is 4.86. The van der Waals surface area contributed by atoms with E-state index in [1.54, 1.807) is 6.92 Å². The minimum Gasteiger partial charge on any atom is -0.350 e. The van der Waals surface area contributed by atoms with Gasteiger partial charge in [-0.2, -0.15) is 4.98 Å². The maximum Gasteiger partial charge on any atom is 0.314 e. The van der Waals surface area contributed by atoms with Gasteiger partial charge in [-0.1, -0.05) is 54.6 Å². The van der Waals surface area contributed by atoms with Crippen molar-refractivity contribution in [3.63, 3.8) is 0 Å². The predicted octanol–water partition coefficient (Wildman–Crippen LogP) is 3.06. The molecule has 33 heavy (non-hydrogen) atoms. The van der Waals surface area contributed by atoms with Crippen molar-refractivity contribution >= 4 is 24.0 Å². The second kappa shape index (κ2) is 10.5. The summed E-state index contributed by atoms with van der Waals surface area (Å²) in [4.78, 5) is 29.5. The van der Waals surface area contributed by atoms with Gasteiger partial charge in [-0.3, -0.25) is 9.59 Å². The Morgan fingerprint density at radius 2 is 1.94 bits per heavy atom. The van der Waals surface area contributed by atoms with Gasteiger partial charge in [-0.15, -0.1) is 0 Å². The second-order valence-corrected chi connectivity index (χ2v) is 8.56. The SMILES string of the molecule is CC(NC(=O)[C@H]1C[C@@H](c2ccccc2)CCN1)C(=O)NCc1ccc(-c2nc(=S)o[nH]2)cc1. The fourth-order valence-corrected chi connectivity index (χ4v) is 4.13. The molecule has 1 aliphatic rings. The number of H-pyrrole nitrogens is 1. The molecular formula is C24H27N5O3S. The molecule has 4 rings (SSSR count). The van der Waals surface area contributed by atoms with E-state index in [4.69, 9.17) is 16.7 Å². The van der Waals surface area contributed by atoms with Crippen LogP contribution in [-0.2, 0) is 16.1 Å². The maximum atomic E-state index is 12.8. The van der Waals surface area contributed by atoms with Crippen molar-refractivity contribution < 1.29 is 14.1 Å². The lowest BCUT2D eigenvalue weighted by Crippen LogP contribution is -2.53. The number of carbonyl (C=O) groups is 2. The fraction of sp³-hybridized carbons (Fsp3) is 0.333. The summed E-state index contributed by atoms with van der Waals surface area (Å²) in [6.07, 6.45) is 1.71. The highest BCUT2D eigenvalue weighted by atomic mass is 32.1. The van der Waals surface area contributed by atoms with Crippen molar-refractivity contribution in [2.24, 2.45) is 0 Å². The highest BCUT2D eigenvalue weighted by Gasteiger charge is 2.29. The summed E-state index contributed by atoms with van der Waals surface area (Å²) in [6, 6.07) is 16.8. The molecule has 1 fully saturated rings. The predicted molar refractivity (Wildman–Crippen MR) is 127 cm³/mol. The highest BCUT2D eigenvalue weighted by molar-refractivity contribution is 7.71. The lowest BCUT2D eigenvalue weighted by Gasteiger charge is -2.30. The first-order chi connectivity index (χ1) is 16.0. The standard InChI is InChI=1S/C24H27N5O3S/c1-15(27-23(31)20-13-19(11-12-25-20)17-5-3-2-4-6-17)22(30)26-14-16-7-9-18(10-8-16)21-28-24(33)32-29-21/h2-10,15,19-20,25H,11-14H2,1H3,(H,26,30)(H,27,31)(H,28,29,33)/t15?,19-,20+/m0/s1. The molecule has 0 bridgehead atoms. The molecule has 172 valence electrons. The van der Waals surface area contributed by atoms with Crippen LogP contribution in [0.4, 0.5) is 0 Å². The van der Waals surface area contributed by atoms with Crippen LogP contribution in [0.2, 0.25) is 0 Å². The number of benzene rings is 2. The van der Waals surface area contributed by atoms with Crippen LogP contribution in [0.25, 0.3) is 11.4 Å². The molecule has 3 aromatic rings. The number of piperidine rings is 1. The van der Waals surface area contributed by atoms with Gasteiger partial charge in [-0.25, -0.2) is 5.16 Å². The van der Waals surface area contributed by atoms with Gasteiger partial charge in [0.05, 0.1) is 6.04 Å². The molecule has 2 heterocycles. The Morgan fingerprint density at radius 3 is 2.64 bits per heavy atom. The molecule has 9 heteroatoms. The third kappa shape index (κ3) is 5.94. The van der Waals surface area contributed by atoms with E-state index in [2.05, 4.69) is 38.2 Å². The number of aromatic nitrogens is 2. The second-order valence-electron chi connectivity index (χ2n) is 8.21. The van der Waals surface area contributed by atoms with Crippen molar-refractivity contribution in [3.8, 4) is 11.4 Å². The lowest BCUT2D eigenvalue weighted by atomic mass is 9.86. The number of nitrogens with one attached hydrogen (secondary N) is 4. The van der Waals surface area contributed by atoms with Crippen molar-refractivity contribution in [1.82, 2.24) is 26.1 Å². The molecule has 1 aromatic heterocycles. The zero-order valence-corrected chi connectivity index (χ0v) is 19.2. The number of aromatic amines is 1. The molecule has 1 aliphatic heterocycles. The van der Waals surface area contributed by atoms with Crippen molar-refractivity contribution in [2.45, 2.75) is 44.3 Å². The van der Waals surface area contributed by atoms with Crippen LogP contribution in [0, 0.1) is 4.84 Å². The molecule has 3 atom stereocenters. The normalized spacial score (nSPS) is 18.9. The number of hydrogen-bond acceptors (Lipinski definition) is 6. The van der Waals surface area contributed by atoms with E-state index in [-0.39, 0.29) is 22.7 Å². The number of rotatable bonds is 7. The van der Waals surface area contributed by atoms with E-state index in [0.29, 0.717) is 24.7 Å². The Labute approximate surface area is 197 Å². The number of hydrogen-bond donors (Lipinski definition) is 4. The summed E-state index contributed by atoms with van der Waals surface area (Å²) in [5.74, 6) is 0.511. The van der Waals surface area contributed by atoms with Crippen LogP contribution in [0.1, 0.15) is 36.8 Å². The molecule has 0 saturated carbocycles. The summed E-state index contributed by atoms with van der Waals surface area (Å²) < 4.78 is 4.94. The third-order valence-electron chi connectivity index (χ3n) is 5.88. The Bertz CT molecular complexity index is 1140. The Balaban J connectivity index is 1.26. The Morgan fingerprint density at radius 1 is 1.18 bits per heavy atom. The van der Waals surface area contributed by atoms with Crippen LogP contribution >= 0.6 is 12.2 Å². The number of carbonyl (C=O) groups excluding carboxylic acids is 2. The van der Waals surface area contributed by atoms with Gasteiger partial charge in [0.2, 0.25) is 11.8 Å². The van der Waals surface area contributed by atoms with Crippen molar-refractivity contribution in [1.29, 1.82) is 0 Å². The van der Waals surface area contributed by atoms with Crippen molar-refractivity contribution in [3.05, 3.63) is 70.6 Å². The van der Waals surface area contributed by atoms with Gasteiger partial charge in [0.25, 0.3) is 0 Å². The van der Waals surface area contributed by atoms with E-state index in [1.165, 1.54) is 5.56 Å². The topological polar surface area (TPSA) is 112 Å². The Kier molecular flexibility index (Phi) is 7.31. The molecular weight excluding hydrogens is 438 g/mol. The van der Waals surface area contributed by atoms with Crippen LogP contribution in [0.15, 0.2) is 59.1 Å². The van der Waals surface area contributed by atoms with Gasteiger partial charge in [-0.05, 0) is 55.6 Å². The molecule has 2 aromatic carbocycles. The molecule has 8 nitrogen and oxygen atoms in total. The van der Waals surface area contributed by atoms with Crippen LogP contribution in [-0.4, -0.2) is 40.6 Å². The molecule has 2 amide bonds. The summed E-state index contributed by atoms with van der Waals surface area (Å²) in [5.41, 5.74) is 3.01. The zero-order valence-electron chi connectivity index (χ0n) is 18.3. The van der Waals surface area contributed by atoms with Crippen LogP contribution in [0.5, 0.6) is 0 Å². The highest BCUT2D eigenvalue weighted by Crippen LogP contribution is 2.27. The van der Waals surface area contributed by atoms with Crippen molar-refractivity contribution in [2.75, 3.05) is 6.54 Å². The van der Waals surface area contributed by atoms with E-state index < -0.39 is 6.04 Å². The van der Waals surface area contributed by atoms with Gasteiger partial charge in [0.15, 0.2) is 5.82 Å². The summed E-state index contributed by atoms with van der Waals surface area (Å²) in [6.45, 7) is 2.82. The van der Waals surface area contributed by atoms with E-state index in [1.807, 2.05) is 42.5 Å².